The molecule has 0 aliphatic rings. The highest BCUT2D eigenvalue weighted by Gasteiger charge is 2.32. The van der Waals surface area contributed by atoms with E-state index in [0.717, 1.165) is 11.1 Å². The Balaban J connectivity index is 1.91. The Morgan fingerprint density at radius 2 is 1.49 bits per heavy atom. The minimum absolute atomic E-state index is 0.0207. The van der Waals surface area contributed by atoms with E-state index in [9.17, 15) is 14.0 Å². The molecule has 196 valence electrons. The molecule has 2 amide bonds. The SMILES string of the molecule is CC(C)c1ccc(CCC(=O)N(Cc2ccccc2F)C(Cc2ccccc2)C(=O)NC(C)(C)C)cc1. The van der Waals surface area contributed by atoms with Crippen molar-refractivity contribution in [2.24, 2.45) is 0 Å². The number of carbonyl (C=O) groups is 2. The van der Waals surface area contributed by atoms with Crippen LogP contribution in [0.1, 0.15) is 69.2 Å². The zero-order valence-corrected chi connectivity index (χ0v) is 22.6. The Labute approximate surface area is 220 Å². The van der Waals surface area contributed by atoms with Crippen LogP contribution in [0.2, 0.25) is 0 Å². The fourth-order valence-corrected chi connectivity index (χ4v) is 4.28. The lowest BCUT2D eigenvalue weighted by Crippen LogP contribution is -2.54. The number of benzene rings is 3. The zero-order valence-electron chi connectivity index (χ0n) is 22.6. The number of hydrogen-bond donors (Lipinski definition) is 1. The monoisotopic (exact) mass is 502 g/mol. The van der Waals surface area contributed by atoms with Crippen molar-refractivity contribution >= 4 is 11.8 Å². The quantitative estimate of drug-likeness (QED) is 0.347. The number of halogens is 1. The van der Waals surface area contributed by atoms with Gasteiger partial charge < -0.3 is 10.2 Å². The van der Waals surface area contributed by atoms with Gasteiger partial charge in [-0.2, -0.15) is 0 Å². The van der Waals surface area contributed by atoms with Crippen LogP contribution in [0.25, 0.3) is 0 Å². The van der Waals surface area contributed by atoms with E-state index in [4.69, 9.17) is 0 Å². The standard InChI is InChI=1S/C32H39FN2O2/c1-23(2)26-18-15-24(16-19-26)17-20-30(36)35(22-27-13-9-10-14-28(27)33)29(31(37)34-32(3,4)5)21-25-11-7-6-8-12-25/h6-16,18-19,23,29H,17,20-22H2,1-5H3,(H,34,37). The van der Waals surface area contributed by atoms with Crippen LogP contribution in [-0.4, -0.2) is 28.3 Å². The minimum Gasteiger partial charge on any atom is -0.350 e. The third-order valence-electron chi connectivity index (χ3n) is 6.34. The molecule has 0 fully saturated rings. The van der Waals surface area contributed by atoms with Gasteiger partial charge in [0.2, 0.25) is 11.8 Å². The molecule has 5 heteroatoms. The van der Waals surface area contributed by atoms with E-state index in [1.807, 2.05) is 51.1 Å². The summed E-state index contributed by atoms with van der Waals surface area (Å²) in [4.78, 5) is 28.8. The molecule has 1 N–H and O–H groups in total. The molecule has 1 atom stereocenters. The summed E-state index contributed by atoms with van der Waals surface area (Å²) < 4.78 is 14.7. The molecule has 0 bridgehead atoms. The van der Waals surface area contributed by atoms with Gasteiger partial charge >= 0.3 is 0 Å². The van der Waals surface area contributed by atoms with Crippen LogP contribution in [0, 0.1) is 5.82 Å². The fourth-order valence-electron chi connectivity index (χ4n) is 4.28. The van der Waals surface area contributed by atoms with Gasteiger partial charge in [-0.1, -0.05) is 86.6 Å². The predicted molar refractivity (Wildman–Crippen MR) is 148 cm³/mol. The maximum atomic E-state index is 14.7. The van der Waals surface area contributed by atoms with Crippen molar-refractivity contribution in [3.05, 3.63) is 107 Å². The second kappa shape index (κ2) is 12.7. The topological polar surface area (TPSA) is 49.4 Å². The summed E-state index contributed by atoms with van der Waals surface area (Å²) in [6, 6.07) is 23.6. The molecule has 0 saturated carbocycles. The van der Waals surface area contributed by atoms with Gasteiger partial charge in [0.05, 0.1) is 0 Å². The third kappa shape index (κ3) is 8.56. The Morgan fingerprint density at radius 1 is 0.865 bits per heavy atom. The number of carbonyl (C=O) groups excluding carboxylic acids is 2. The fraction of sp³-hybridized carbons (Fsp3) is 0.375. The first kappa shape index (κ1) is 28.1. The van der Waals surface area contributed by atoms with Gasteiger partial charge in [0.1, 0.15) is 11.9 Å². The second-order valence-corrected chi connectivity index (χ2v) is 11.0. The number of aryl methyl sites for hydroxylation is 1. The average molecular weight is 503 g/mol. The van der Waals surface area contributed by atoms with E-state index in [-0.39, 0.29) is 30.6 Å². The van der Waals surface area contributed by atoms with Crippen LogP contribution in [0.15, 0.2) is 78.9 Å². The summed E-state index contributed by atoms with van der Waals surface area (Å²) in [6.07, 6.45) is 1.11. The Bertz CT molecular complexity index is 1170. The first-order valence-corrected chi connectivity index (χ1v) is 13.0. The molecule has 0 aliphatic heterocycles. The molecular formula is C32H39FN2O2. The van der Waals surface area contributed by atoms with Crippen molar-refractivity contribution < 1.29 is 14.0 Å². The van der Waals surface area contributed by atoms with Crippen molar-refractivity contribution in [2.45, 2.75) is 77.9 Å². The van der Waals surface area contributed by atoms with Gasteiger partial charge in [0.15, 0.2) is 0 Å². The molecule has 3 aromatic carbocycles. The van der Waals surface area contributed by atoms with Crippen LogP contribution < -0.4 is 5.32 Å². The number of hydrogen-bond acceptors (Lipinski definition) is 2. The number of nitrogens with one attached hydrogen (secondary N) is 1. The summed E-state index contributed by atoms with van der Waals surface area (Å²) in [5.41, 5.74) is 3.16. The van der Waals surface area contributed by atoms with Gasteiger partial charge in [-0.15, -0.1) is 0 Å². The molecule has 1 unspecified atom stereocenters. The van der Waals surface area contributed by atoms with E-state index in [2.05, 4.69) is 43.4 Å². The molecule has 4 nitrogen and oxygen atoms in total. The van der Waals surface area contributed by atoms with E-state index < -0.39 is 11.6 Å². The molecule has 0 saturated heterocycles. The Morgan fingerprint density at radius 3 is 2.08 bits per heavy atom. The highest BCUT2D eigenvalue weighted by Crippen LogP contribution is 2.20. The Hall–Kier alpha value is -3.47. The van der Waals surface area contributed by atoms with Crippen molar-refractivity contribution in [1.29, 1.82) is 0 Å². The number of nitrogens with zero attached hydrogens (tertiary/aromatic N) is 1. The van der Waals surface area contributed by atoms with E-state index >= 15 is 0 Å². The van der Waals surface area contributed by atoms with Gasteiger partial charge in [-0.25, -0.2) is 4.39 Å². The maximum absolute atomic E-state index is 14.7. The molecule has 3 aromatic rings. The molecule has 37 heavy (non-hydrogen) atoms. The molecule has 0 spiro atoms. The van der Waals surface area contributed by atoms with E-state index in [0.29, 0.717) is 24.3 Å². The number of amides is 2. The van der Waals surface area contributed by atoms with Crippen molar-refractivity contribution in [2.75, 3.05) is 0 Å². The van der Waals surface area contributed by atoms with Gasteiger partial charge in [0, 0.05) is 30.5 Å². The van der Waals surface area contributed by atoms with Crippen LogP contribution in [-0.2, 0) is 29.0 Å². The van der Waals surface area contributed by atoms with E-state index in [1.54, 1.807) is 23.1 Å². The summed E-state index contributed by atoms with van der Waals surface area (Å²) in [5, 5.41) is 3.04. The highest BCUT2D eigenvalue weighted by molar-refractivity contribution is 5.88. The third-order valence-corrected chi connectivity index (χ3v) is 6.34. The molecule has 0 aromatic heterocycles. The van der Waals surface area contributed by atoms with Gasteiger partial charge in [0.25, 0.3) is 0 Å². The highest BCUT2D eigenvalue weighted by atomic mass is 19.1. The number of rotatable bonds is 10. The van der Waals surface area contributed by atoms with Crippen LogP contribution in [0.4, 0.5) is 4.39 Å². The molecule has 3 rings (SSSR count). The predicted octanol–water partition coefficient (Wildman–Crippen LogP) is 6.44. The average Bonchev–Trinajstić information content (AvgIpc) is 2.85. The Kier molecular flexibility index (Phi) is 9.62. The first-order valence-electron chi connectivity index (χ1n) is 13.0. The molecule has 0 radical (unpaired) electrons. The normalized spacial score (nSPS) is 12.3. The van der Waals surface area contributed by atoms with Gasteiger partial charge in [-0.05, 0) is 55.9 Å². The van der Waals surface area contributed by atoms with Crippen molar-refractivity contribution in [3.8, 4) is 0 Å². The lowest BCUT2D eigenvalue weighted by atomic mass is 9.98. The summed E-state index contributed by atoms with van der Waals surface area (Å²) >= 11 is 0. The smallest absolute Gasteiger partial charge is 0.243 e. The van der Waals surface area contributed by atoms with Crippen molar-refractivity contribution in [1.82, 2.24) is 10.2 Å². The largest absolute Gasteiger partial charge is 0.350 e. The minimum atomic E-state index is -0.781. The van der Waals surface area contributed by atoms with Gasteiger partial charge in [-0.3, -0.25) is 9.59 Å². The zero-order chi connectivity index (χ0) is 27.0. The molecular weight excluding hydrogens is 463 g/mol. The van der Waals surface area contributed by atoms with Crippen LogP contribution >= 0.6 is 0 Å². The lowest BCUT2D eigenvalue weighted by molar-refractivity contribution is -0.142. The summed E-state index contributed by atoms with van der Waals surface area (Å²) in [5.74, 6) is -0.380. The molecule has 0 heterocycles. The van der Waals surface area contributed by atoms with Crippen molar-refractivity contribution in [3.63, 3.8) is 0 Å². The van der Waals surface area contributed by atoms with E-state index in [1.165, 1.54) is 11.6 Å². The summed E-state index contributed by atoms with van der Waals surface area (Å²) in [7, 11) is 0. The van der Waals surface area contributed by atoms with Crippen LogP contribution in [0.5, 0.6) is 0 Å². The van der Waals surface area contributed by atoms with Crippen LogP contribution in [0.3, 0.4) is 0 Å². The summed E-state index contributed by atoms with van der Waals surface area (Å²) in [6.45, 7) is 10.0. The first-order chi connectivity index (χ1) is 17.5. The second-order valence-electron chi connectivity index (χ2n) is 11.0. The molecule has 0 aliphatic carbocycles. The maximum Gasteiger partial charge on any atom is 0.243 e. The lowest BCUT2D eigenvalue weighted by Gasteiger charge is -2.34.